The van der Waals surface area contributed by atoms with Crippen LogP contribution in [-0.2, 0) is 16.6 Å². The van der Waals surface area contributed by atoms with Crippen LogP contribution in [0.1, 0.15) is 69.9 Å². The highest BCUT2D eigenvalue weighted by Crippen LogP contribution is 2.41. The van der Waals surface area contributed by atoms with Crippen LogP contribution in [0.2, 0.25) is 5.02 Å². The molecule has 0 radical (unpaired) electrons. The van der Waals surface area contributed by atoms with E-state index in [9.17, 15) is 19.2 Å². The van der Waals surface area contributed by atoms with Crippen LogP contribution < -0.4 is 5.56 Å². The van der Waals surface area contributed by atoms with E-state index in [0.29, 0.717) is 39.6 Å². The Hall–Kier alpha value is -4.37. The molecule has 1 saturated heterocycles. The highest BCUT2D eigenvalue weighted by Gasteiger charge is 2.48. The van der Waals surface area contributed by atoms with E-state index in [4.69, 9.17) is 16.3 Å². The summed E-state index contributed by atoms with van der Waals surface area (Å²) in [6, 6.07) is 17.0. The summed E-state index contributed by atoms with van der Waals surface area (Å²) >= 11 is 6.04. The van der Waals surface area contributed by atoms with Crippen LogP contribution in [0.25, 0.3) is 11.4 Å². The maximum atomic E-state index is 13.7. The van der Waals surface area contributed by atoms with Gasteiger partial charge in [0.25, 0.3) is 11.5 Å². The SMILES string of the molecule is Cc1cc(C(=O)COC(=O)[C@@H]2C[C@@H]3CCCC[C@@H]3N2C(=O)c2ccc(Cl)cc2)c(C)n1-c1c(C)n(C)n(-c2ccccc2)c1=O. The lowest BCUT2D eigenvalue weighted by atomic mass is 9.84. The lowest BCUT2D eigenvalue weighted by molar-refractivity contribution is -0.147. The van der Waals surface area contributed by atoms with Crippen LogP contribution in [-0.4, -0.2) is 55.2 Å². The monoisotopic (exact) mass is 628 g/mol. The molecule has 6 rings (SSSR count). The maximum Gasteiger partial charge on any atom is 0.329 e. The third kappa shape index (κ3) is 5.43. The van der Waals surface area contributed by atoms with Crippen LogP contribution in [0.15, 0.2) is 65.5 Å². The Morgan fingerprint density at radius 2 is 1.62 bits per heavy atom. The van der Waals surface area contributed by atoms with Crippen LogP contribution >= 0.6 is 11.6 Å². The van der Waals surface area contributed by atoms with E-state index < -0.39 is 18.6 Å². The van der Waals surface area contributed by atoms with Crippen molar-refractivity contribution in [1.29, 1.82) is 0 Å². The summed E-state index contributed by atoms with van der Waals surface area (Å²) in [5.74, 6) is -0.947. The number of para-hydroxylation sites is 1. The summed E-state index contributed by atoms with van der Waals surface area (Å²) in [4.78, 5) is 56.1. The van der Waals surface area contributed by atoms with Gasteiger partial charge in [0.05, 0.1) is 11.4 Å². The topological polar surface area (TPSA) is 95.5 Å². The quantitative estimate of drug-likeness (QED) is 0.192. The van der Waals surface area contributed by atoms with Crippen LogP contribution in [0.5, 0.6) is 0 Å². The predicted octanol–water partition coefficient (Wildman–Crippen LogP) is 5.74. The Bertz CT molecular complexity index is 1840. The molecule has 0 spiro atoms. The molecule has 9 nitrogen and oxygen atoms in total. The molecule has 0 unspecified atom stereocenters. The van der Waals surface area contributed by atoms with Crippen molar-refractivity contribution in [2.75, 3.05) is 6.61 Å². The van der Waals surface area contributed by atoms with Gasteiger partial charge in [-0.3, -0.25) is 19.1 Å². The summed E-state index contributed by atoms with van der Waals surface area (Å²) in [5.41, 5.74) is 3.88. The molecule has 1 amide bonds. The predicted molar refractivity (Wildman–Crippen MR) is 172 cm³/mol. The summed E-state index contributed by atoms with van der Waals surface area (Å²) in [5, 5.41) is 0.529. The number of carbonyl (C=O) groups excluding carboxylic acids is 3. The summed E-state index contributed by atoms with van der Waals surface area (Å²) in [6.07, 6.45) is 4.38. The van der Waals surface area contributed by atoms with Crippen molar-refractivity contribution >= 4 is 29.3 Å². The van der Waals surface area contributed by atoms with Crippen molar-refractivity contribution in [1.82, 2.24) is 18.8 Å². The fourth-order valence-electron chi connectivity index (χ4n) is 7.22. The number of aryl methyl sites for hydroxylation is 1. The molecule has 2 aromatic heterocycles. The second-order valence-corrected chi connectivity index (χ2v) is 12.6. The first-order chi connectivity index (χ1) is 21.6. The number of halogens is 1. The smallest absolute Gasteiger partial charge is 0.329 e. The van der Waals surface area contributed by atoms with Crippen molar-refractivity contribution in [3.8, 4) is 11.4 Å². The Balaban J connectivity index is 1.23. The fourth-order valence-corrected chi connectivity index (χ4v) is 7.34. The Morgan fingerprint density at radius 1 is 0.933 bits per heavy atom. The molecule has 2 fully saturated rings. The number of likely N-dealkylation sites (tertiary alicyclic amines) is 1. The molecular formula is C35H37ClN4O5. The number of hydrogen-bond donors (Lipinski definition) is 0. The Kier molecular flexibility index (Phi) is 8.31. The van der Waals surface area contributed by atoms with Crippen LogP contribution in [0.4, 0.5) is 0 Å². The van der Waals surface area contributed by atoms with Crippen molar-refractivity contribution in [2.24, 2.45) is 13.0 Å². The number of hydrogen-bond acceptors (Lipinski definition) is 5. The molecule has 2 aromatic carbocycles. The first-order valence-corrected chi connectivity index (χ1v) is 15.8. The van der Waals surface area contributed by atoms with Crippen molar-refractivity contribution in [2.45, 2.75) is 65.0 Å². The number of ether oxygens (including phenoxy) is 1. The lowest BCUT2D eigenvalue weighted by Crippen LogP contribution is -2.47. The van der Waals surface area contributed by atoms with Gasteiger partial charge in [0.2, 0.25) is 5.78 Å². The number of Topliss-reactive ketones (excluding diaryl/α,β-unsaturated/α-hetero) is 1. The largest absolute Gasteiger partial charge is 0.456 e. The third-order valence-corrected chi connectivity index (χ3v) is 9.76. The summed E-state index contributed by atoms with van der Waals surface area (Å²) in [7, 11) is 1.83. The zero-order valence-electron chi connectivity index (χ0n) is 26.0. The molecule has 0 N–H and O–H groups in total. The second-order valence-electron chi connectivity index (χ2n) is 12.1. The zero-order valence-corrected chi connectivity index (χ0v) is 26.7. The van der Waals surface area contributed by atoms with E-state index in [-0.39, 0.29) is 29.2 Å². The van der Waals surface area contributed by atoms with E-state index in [2.05, 4.69) is 0 Å². The zero-order chi connectivity index (χ0) is 32.0. The molecule has 2 aliphatic rings. The van der Waals surface area contributed by atoms with Gasteiger partial charge in [-0.1, -0.05) is 42.6 Å². The molecule has 4 aromatic rings. The summed E-state index contributed by atoms with van der Waals surface area (Å²) in [6.45, 7) is 5.04. The molecule has 1 aliphatic heterocycles. The van der Waals surface area contributed by atoms with Crippen molar-refractivity contribution in [3.05, 3.63) is 104 Å². The van der Waals surface area contributed by atoms with E-state index in [1.807, 2.05) is 51.2 Å². The minimum Gasteiger partial charge on any atom is -0.456 e. The van der Waals surface area contributed by atoms with Gasteiger partial charge in [0.1, 0.15) is 11.7 Å². The van der Waals surface area contributed by atoms with Gasteiger partial charge < -0.3 is 14.2 Å². The van der Waals surface area contributed by atoms with Gasteiger partial charge in [0, 0.05) is 40.6 Å². The molecular weight excluding hydrogens is 592 g/mol. The van der Waals surface area contributed by atoms with Crippen LogP contribution in [0, 0.1) is 26.7 Å². The number of amides is 1. The average Bonchev–Trinajstić information content (AvgIpc) is 3.64. The molecule has 45 heavy (non-hydrogen) atoms. The fraction of sp³-hybridized carbons (Fsp3) is 0.371. The molecule has 1 saturated carbocycles. The standard InChI is InChI=1S/C35H37ClN4O5/c1-21-18-28(22(2)38(21)32-23(3)37(4)40(34(32)43)27-11-6-5-7-12-27)31(41)20-45-35(44)30-19-25-10-8-9-13-29(25)39(30)33(42)24-14-16-26(36)17-15-24/h5-7,11-12,14-18,25,29-30H,8-10,13,19-20H2,1-4H3/t25-,29-,30-/m0/s1. The normalized spacial score (nSPS) is 19.4. The van der Waals surface area contributed by atoms with Crippen molar-refractivity contribution < 1.29 is 19.1 Å². The molecule has 3 atom stereocenters. The maximum absolute atomic E-state index is 13.7. The number of ketones is 1. The van der Waals surface area contributed by atoms with Gasteiger partial charge in [-0.15, -0.1) is 0 Å². The minimum absolute atomic E-state index is 0.0387. The van der Waals surface area contributed by atoms with Crippen molar-refractivity contribution in [3.63, 3.8) is 0 Å². The average molecular weight is 629 g/mol. The van der Waals surface area contributed by atoms with E-state index in [1.165, 1.54) is 0 Å². The minimum atomic E-state index is -0.759. The van der Waals surface area contributed by atoms with Gasteiger partial charge >= 0.3 is 5.97 Å². The van der Waals surface area contributed by atoms with Gasteiger partial charge in [-0.05, 0) is 88.4 Å². The molecule has 0 bridgehead atoms. The van der Waals surface area contributed by atoms with E-state index in [0.717, 1.165) is 37.1 Å². The molecule has 10 heteroatoms. The van der Waals surface area contributed by atoms with Gasteiger partial charge in [0.15, 0.2) is 6.61 Å². The van der Waals surface area contributed by atoms with E-state index >= 15 is 0 Å². The first-order valence-electron chi connectivity index (χ1n) is 15.4. The number of rotatable bonds is 7. The highest BCUT2D eigenvalue weighted by atomic mass is 35.5. The first kappa shape index (κ1) is 30.6. The van der Waals surface area contributed by atoms with E-state index in [1.54, 1.807) is 56.1 Å². The highest BCUT2D eigenvalue weighted by molar-refractivity contribution is 6.30. The molecule has 3 heterocycles. The number of aromatic nitrogens is 3. The number of esters is 1. The lowest BCUT2D eigenvalue weighted by Gasteiger charge is -2.33. The molecule has 234 valence electrons. The number of benzene rings is 2. The Morgan fingerprint density at radius 3 is 2.33 bits per heavy atom. The second kappa shape index (κ2) is 12.2. The number of nitrogens with zero attached hydrogens (tertiary/aromatic N) is 4. The van der Waals surface area contributed by atoms with Crippen LogP contribution in [0.3, 0.4) is 0 Å². The number of fused-ring (bicyclic) bond motifs is 1. The molecule has 1 aliphatic carbocycles. The third-order valence-electron chi connectivity index (χ3n) is 9.51. The number of carbonyl (C=O) groups is 3. The Labute approximate surface area is 266 Å². The van der Waals surface area contributed by atoms with Gasteiger partial charge in [-0.2, -0.15) is 0 Å². The summed E-state index contributed by atoms with van der Waals surface area (Å²) < 4.78 is 10.8. The van der Waals surface area contributed by atoms with Gasteiger partial charge in [-0.25, -0.2) is 9.48 Å².